The minimum absolute atomic E-state index is 0.400. The minimum Gasteiger partial charge on any atom is -0.481 e. The third-order valence-electron chi connectivity index (χ3n) is 5.49. The molecular formula is C17H22O2. The van der Waals surface area contributed by atoms with Gasteiger partial charge in [-0.3, -0.25) is 4.79 Å². The highest BCUT2D eigenvalue weighted by Crippen LogP contribution is 2.57. The first-order valence-electron chi connectivity index (χ1n) is 7.31. The van der Waals surface area contributed by atoms with E-state index in [0.29, 0.717) is 18.3 Å². The van der Waals surface area contributed by atoms with Crippen LogP contribution >= 0.6 is 0 Å². The van der Waals surface area contributed by atoms with Crippen LogP contribution in [0.25, 0.3) is 0 Å². The fraction of sp³-hybridized carbons (Fsp3) is 0.588. The predicted molar refractivity (Wildman–Crippen MR) is 75.1 cm³/mol. The van der Waals surface area contributed by atoms with Crippen LogP contribution in [0.5, 0.6) is 0 Å². The fourth-order valence-electron chi connectivity index (χ4n) is 4.28. The van der Waals surface area contributed by atoms with Crippen molar-refractivity contribution in [1.82, 2.24) is 0 Å². The van der Waals surface area contributed by atoms with Gasteiger partial charge in [-0.25, -0.2) is 0 Å². The molecule has 3 atom stereocenters. The number of fused-ring (bicyclic) bond motifs is 2. The minimum atomic E-state index is -0.571. The summed E-state index contributed by atoms with van der Waals surface area (Å²) in [6, 6.07) is 6.40. The van der Waals surface area contributed by atoms with Gasteiger partial charge in [0.2, 0.25) is 0 Å². The topological polar surface area (TPSA) is 37.3 Å². The molecule has 102 valence electrons. The average molecular weight is 258 g/mol. The number of carboxylic acid groups (broad SMARTS) is 1. The van der Waals surface area contributed by atoms with Gasteiger partial charge in [-0.2, -0.15) is 0 Å². The van der Waals surface area contributed by atoms with Crippen molar-refractivity contribution in [3.05, 3.63) is 34.9 Å². The summed E-state index contributed by atoms with van der Waals surface area (Å²) in [7, 11) is 0. The first-order chi connectivity index (χ1) is 9.01. The van der Waals surface area contributed by atoms with E-state index in [9.17, 15) is 9.90 Å². The Morgan fingerprint density at radius 2 is 2.11 bits per heavy atom. The van der Waals surface area contributed by atoms with E-state index < -0.39 is 11.4 Å². The van der Waals surface area contributed by atoms with E-state index in [4.69, 9.17) is 0 Å². The summed E-state index contributed by atoms with van der Waals surface area (Å²) in [5.74, 6) is 0.488. The number of aryl methyl sites for hydroxylation is 2. The Morgan fingerprint density at radius 1 is 1.32 bits per heavy atom. The molecule has 1 aromatic rings. The molecule has 0 spiro atoms. The zero-order chi connectivity index (χ0) is 13.6. The normalized spacial score (nSPS) is 32.7. The molecule has 0 saturated heterocycles. The Hall–Kier alpha value is -1.31. The Labute approximate surface area is 114 Å². The maximum absolute atomic E-state index is 11.9. The van der Waals surface area contributed by atoms with Gasteiger partial charge in [0.15, 0.2) is 0 Å². The highest BCUT2D eigenvalue weighted by atomic mass is 16.4. The Balaban J connectivity index is 1.90. The Bertz CT molecular complexity index is 520. The van der Waals surface area contributed by atoms with E-state index >= 15 is 0 Å². The van der Waals surface area contributed by atoms with Crippen LogP contribution in [0.3, 0.4) is 0 Å². The Morgan fingerprint density at radius 3 is 2.63 bits per heavy atom. The van der Waals surface area contributed by atoms with Crippen LogP contribution in [0, 0.1) is 31.1 Å². The van der Waals surface area contributed by atoms with Gasteiger partial charge in [0.05, 0.1) is 5.41 Å². The zero-order valence-electron chi connectivity index (χ0n) is 11.8. The first kappa shape index (κ1) is 12.7. The van der Waals surface area contributed by atoms with Crippen molar-refractivity contribution in [1.29, 1.82) is 0 Å². The van der Waals surface area contributed by atoms with E-state index in [1.807, 2.05) is 0 Å². The number of aliphatic carboxylic acids is 1. The number of hydrogen-bond donors (Lipinski definition) is 1. The number of carboxylic acids is 1. The van der Waals surface area contributed by atoms with Gasteiger partial charge in [-0.1, -0.05) is 24.6 Å². The summed E-state index contributed by atoms with van der Waals surface area (Å²) in [6.45, 7) is 4.21. The number of rotatable bonds is 3. The van der Waals surface area contributed by atoms with Crippen LogP contribution in [0.1, 0.15) is 42.4 Å². The number of carbonyl (C=O) groups is 1. The van der Waals surface area contributed by atoms with Gasteiger partial charge in [-0.05, 0) is 68.1 Å². The third-order valence-corrected chi connectivity index (χ3v) is 5.49. The van der Waals surface area contributed by atoms with Crippen molar-refractivity contribution in [2.24, 2.45) is 17.3 Å². The van der Waals surface area contributed by atoms with E-state index in [0.717, 1.165) is 19.3 Å². The molecule has 2 aliphatic carbocycles. The lowest BCUT2D eigenvalue weighted by Crippen LogP contribution is -2.38. The average Bonchev–Trinajstić information content (AvgIpc) is 2.94. The van der Waals surface area contributed by atoms with Gasteiger partial charge >= 0.3 is 5.97 Å². The van der Waals surface area contributed by atoms with E-state index in [2.05, 4.69) is 32.0 Å². The van der Waals surface area contributed by atoms with Crippen LogP contribution in [-0.2, 0) is 11.2 Å². The summed E-state index contributed by atoms with van der Waals surface area (Å²) in [5, 5.41) is 9.77. The van der Waals surface area contributed by atoms with Crippen LogP contribution < -0.4 is 0 Å². The van der Waals surface area contributed by atoms with Gasteiger partial charge in [0, 0.05) is 0 Å². The van der Waals surface area contributed by atoms with Crippen molar-refractivity contribution >= 4 is 5.97 Å². The van der Waals surface area contributed by atoms with Crippen LogP contribution in [0.4, 0.5) is 0 Å². The largest absolute Gasteiger partial charge is 0.481 e. The molecule has 1 N–H and O–H groups in total. The smallest absolute Gasteiger partial charge is 0.310 e. The lowest BCUT2D eigenvalue weighted by Gasteiger charge is -2.33. The molecular weight excluding hydrogens is 236 g/mol. The van der Waals surface area contributed by atoms with Crippen LogP contribution in [-0.4, -0.2) is 11.1 Å². The van der Waals surface area contributed by atoms with Crippen LogP contribution in [0.2, 0.25) is 0 Å². The maximum Gasteiger partial charge on any atom is 0.310 e. The molecule has 0 amide bonds. The van der Waals surface area contributed by atoms with Gasteiger partial charge in [0.25, 0.3) is 0 Å². The molecule has 2 bridgehead atoms. The molecule has 3 unspecified atom stereocenters. The summed E-state index contributed by atoms with van der Waals surface area (Å²) in [6.07, 6.45) is 5.09. The summed E-state index contributed by atoms with van der Waals surface area (Å²) in [4.78, 5) is 11.9. The summed E-state index contributed by atoms with van der Waals surface area (Å²) in [5.41, 5.74) is 3.25. The van der Waals surface area contributed by atoms with Gasteiger partial charge < -0.3 is 5.11 Å². The molecule has 19 heavy (non-hydrogen) atoms. The highest BCUT2D eigenvalue weighted by Gasteiger charge is 2.55. The quantitative estimate of drug-likeness (QED) is 0.896. The SMILES string of the molecule is Cc1ccc(CC2(C(=O)O)CC3CCC2C3)cc1C. The van der Waals surface area contributed by atoms with Crippen molar-refractivity contribution < 1.29 is 9.90 Å². The third kappa shape index (κ3) is 1.98. The van der Waals surface area contributed by atoms with Crippen molar-refractivity contribution in [2.45, 2.75) is 46.0 Å². The standard InChI is InChI=1S/C17H22O2/c1-11-3-4-13(7-12(11)2)9-17(16(18)19)10-14-5-6-15(17)8-14/h3-4,7,14-15H,5-6,8-10H2,1-2H3,(H,18,19). The molecule has 0 heterocycles. The lowest BCUT2D eigenvalue weighted by molar-refractivity contribution is -0.152. The molecule has 2 saturated carbocycles. The molecule has 1 aromatic carbocycles. The van der Waals surface area contributed by atoms with Gasteiger partial charge in [0.1, 0.15) is 0 Å². The monoisotopic (exact) mass is 258 g/mol. The number of hydrogen-bond acceptors (Lipinski definition) is 1. The molecule has 2 aliphatic rings. The van der Waals surface area contributed by atoms with E-state index in [1.54, 1.807) is 0 Å². The second-order valence-corrected chi connectivity index (χ2v) is 6.64. The molecule has 0 aliphatic heterocycles. The summed E-state index contributed by atoms with van der Waals surface area (Å²) < 4.78 is 0. The molecule has 2 nitrogen and oxygen atoms in total. The lowest BCUT2D eigenvalue weighted by atomic mass is 9.69. The fourth-order valence-corrected chi connectivity index (χ4v) is 4.28. The molecule has 0 aromatic heterocycles. The van der Waals surface area contributed by atoms with Crippen LogP contribution in [0.15, 0.2) is 18.2 Å². The van der Waals surface area contributed by atoms with Gasteiger partial charge in [-0.15, -0.1) is 0 Å². The molecule has 3 rings (SSSR count). The second-order valence-electron chi connectivity index (χ2n) is 6.64. The zero-order valence-corrected chi connectivity index (χ0v) is 11.8. The first-order valence-corrected chi connectivity index (χ1v) is 7.31. The van der Waals surface area contributed by atoms with E-state index in [1.165, 1.54) is 23.1 Å². The molecule has 2 fully saturated rings. The predicted octanol–water partition coefficient (Wildman–Crippen LogP) is 3.74. The summed E-state index contributed by atoms with van der Waals surface area (Å²) >= 11 is 0. The second kappa shape index (κ2) is 4.36. The van der Waals surface area contributed by atoms with Crippen molar-refractivity contribution in [2.75, 3.05) is 0 Å². The van der Waals surface area contributed by atoms with E-state index in [-0.39, 0.29) is 0 Å². The van der Waals surface area contributed by atoms with Crippen molar-refractivity contribution in [3.63, 3.8) is 0 Å². The number of benzene rings is 1. The molecule has 0 radical (unpaired) electrons. The van der Waals surface area contributed by atoms with Crippen molar-refractivity contribution in [3.8, 4) is 0 Å². The molecule has 2 heteroatoms. The Kier molecular flexibility index (Phi) is 2.92. The maximum atomic E-state index is 11.9. The highest BCUT2D eigenvalue weighted by molar-refractivity contribution is 5.76.